The number of halogens is 1. The first-order valence-electron chi connectivity index (χ1n) is 6.37. The molecular weight excluding hydrogens is 229 g/mol. The maximum atomic E-state index is 13.4. The predicted molar refractivity (Wildman–Crippen MR) is 71.2 cm³/mol. The lowest BCUT2D eigenvalue weighted by Crippen LogP contribution is -2.37. The highest BCUT2D eigenvalue weighted by Crippen LogP contribution is 2.36. The molecule has 1 aromatic rings. The third-order valence-corrected chi connectivity index (χ3v) is 3.57. The first-order valence-corrected chi connectivity index (χ1v) is 6.37. The summed E-state index contributed by atoms with van der Waals surface area (Å²) in [5.74, 6) is -0.157. The van der Waals surface area contributed by atoms with Gasteiger partial charge >= 0.3 is 0 Å². The Labute approximate surface area is 108 Å². The Morgan fingerprint density at radius 2 is 2.11 bits per heavy atom. The van der Waals surface area contributed by atoms with Gasteiger partial charge in [0.05, 0.1) is 6.61 Å². The fourth-order valence-electron chi connectivity index (χ4n) is 2.50. The number of benzene rings is 1. The van der Waals surface area contributed by atoms with Crippen LogP contribution in [0, 0.1) is 5.82 Å². The van der Waals surface area contributed by atoms with Crippen LogP contribution in [0.2, 0.25) is 0 Å². The molecule has 1 aromatic carbocycles. The number of methoxy groups -OCH3 is 1. The van der Waals surface area contributed by atoms with E-state index in [4.69, 9.17) is 4.74 Å². The van der Waals surface area contributed by atoms with Crippen molar-refractivity contribution < 1.29 is 9.13 Å². The van der Waals surface area contributed by atoms with Gasteiger partial charge in [0.25, 0.3) is 0 Å². The molecule has 0 unspecified atom stereocenters. The van der Waals surface area contributed by atoms with Crippen LogP contribution in [0.5, 0.6) is 0 Å². The SMILES string of the molecule is COCCNCC1(c2cccc(F)c2)CC=CC1. The quantitative estimate of drug-likeness (QED) is 0.618. The highest BCUT2D eigenvalue weighted by atomic mass is 19.1. The van der Waals surface area contributed by atoms with Crippen LogP contribution in [0.4, 0.5) is 4.39 Å². The highest BCUT2D eigenvalue weighted by Gasteiger charge is 2.32. The first-order chi connectivity index (χ1) is 8.77. The minimum absolute atomic E-state index is 0.00976. The largest absolute Gasteiger partial charge is 0.383 e. The van der Waals surface area contributed by atoms with Crippen LogP contribution in [0.15, 0.2) is 36.4 Å². The van der Waals surface area contributed by atoms with Gasteiger partial charge in [-0.15, -0.1) is 0 Å². The Balaban J connectivity index is 2.07. The molecule has 0 atom stereocenters. The van der Waals surface area contributed by atoms with Gasteiger partial charge in [0.1, 0.15) is 5.82 Å². The molecule has 0 amide bonds. The molecular formula is C15H20FNO. The molecule has 0 fully saturated rings. The van der Waals surface area contributed by atoms with Gasteiger partial charge in [-0.2, -0.15) is 0 Å². The van der Waals surface area contributed by atoms with Gasteiger partial charge in [-0.3, -0.25) is 0 Å². The van der Waals surface area contributed by atoms with Gasteiger partial charge in [-0.05, 0) is 30.5 Å². The Bertz CT molecular complexity index is 409. The average molecular weight is 249 g/mol. The van der Waals surface area contributed by atoms with Crippen LogP contribution in [0.1, 0.15) is 18.4 Å². The summed E-state index contributed by atoms with van der Waals surface area (Å²) in [6.07, 6.45) is 6.30. The molecule has 0 spiro atoms. The molecule has 0 heterocycles. The van der Waals surface area contributed by atoms with Crippen molar-refractivity contribution in [2.24, 2.45) is 0 Å². The van der Waals surface area contributed by atoms with Gasteiger partial charge in [-0.25, -0.2) is 4.39 Å². The molecule has 0 bridgehead atoms. The number of allylic oxidation sites excluding steroid dienone is 2. The van der Waals surface area contributed by atoms with Crippen molar-refractivity contribution in [2.45, 2.75) is 18.3 Å². The summed E-state index contributed by atoms with van der Waals surface area (Å²) in [5, 5.41) is 3.40. The third kappa shape index (κ3) is 2.98. The number of hydrogen-bond donors (Lipinski definition) is 1. The van der Waals surface area contributed by atoms with Crippen LogP contribution >= 0.6 is 0 Å². The van der Waals surface area contributed by atoms with E-state index in [0.717, 1.165) is 31.5 Å². The highest BCUT2D eigenvalue weighted by molar-refractivity contribution is 5.31. The molecule has 2 rings (SSSR count). The lowest BCUT2D eigenvalue weighted by molar-refractivity contribution is 0.196. The Morgan fingerprint density at radius 1 is 1.33 bits per heavy atom. The standard InChI is InChI=1S/C15H20FNO/c1-18-10-9-17-12-15(7-2-3-8-15)13-5-4-6-14(16)11-13/h2-6,11,17H,7-10,12H2,1H3. The number of nitrogens with one attached hydrogen (secondary N) is 1. The maximum Gasteiger partial charge on any atom is 0.123 e. The van der Waals surface area contributed by atoms with E-state index in [9.17, 15) is 4.39 Å². The van der Waals surface area contributed by atoms with Crippen LogP contribution in [0.25, 0.3) is 0 Å². The van der Waals surface area contributed by atoms with E-state index in [1.54, 1.807) is 19.2 Å². The summed E-state index contributed by atoms with van der Waals surface area (Å²) >= 11 is 0. The van der Waals surface area contributed by atoms with Gasteiger partial charge < -0.3 is 10.1 Å². The van der Waals surface area contributed by atoms with Crippen molar-refractivity contribution in [3.8, 4) is 0 Å². The fraction of sp³-hybridized carbons (Fsp3) is 0.467. The van der Waals surface area contributed by atoms with E-state index in [1.807, 2.05) is 6.07 Å². The lowest BCUT2D eigenvalue weighted by Gasteiger charge is -2.30. The Hall–Kier alpha value is -1.19. The Morgan fingerprint density at radius 3 is 2.78 bits per heavy atom. The summed E-state index contributed by atoms with van der Waals surface area (Å²) in [6, 6.07) is 6.97. The topological polar surface area (TPSA) is 21.3 Å². The zero-order valence-electron chi connectivity index (χ0n) is 10.8. The van der Waals surface area contributed by atoms with E-state index in [-0.39, 0.29) is 11.2 Å². The van der Waals surface area contributed by atoms with Gasteiger partial charge in [0.2, 0.25) is 0 Å². The summed E-state index contributed by atoms with van der Waals surface area (Å²) in [5.41, 5.74) is 1.09. The lowest BCUT2D eigenvalue weighted by atomic mass is 9.78. The van der Waals surface area contributed by atoms with Crippen molar-refractivity contribution in [3.05, 3.63) is 47.8 Å². The Kier molecular flexibility index (Phi) is 4.50. The van der Waals surface area contributed by atoms with Crippen molar-refractivity contribution >= 4 is 0 Å². The second-order valence-electron chi connectivity index (χ2n) is 4.84. The molecule has 0 saturated carbocycles. The molecule has 18 heavy (non-hydrogen) atoms. The molecule has 0 radical (unpaired) electrons. The number of hydrogen-bond acceptors (Lipinski definition) is 2. The van der Waals surface area contributed by atoms with E-state index < -0.39 is 0 Å². The van der Waals surface area contributed by atoms with Gasteiger partial charge in [0.15, 0.2) is 0 Å². The molecule has 0 saturated heterocycles. The minimum Gasteiger partial charge on any atom is -0.383 e. The summed E-state index contributed by atoms with van der Waals surface area (Å²) in [6.45, 7) is 2.38. The third-order valence-electron chi connectivity index (χ3n) is 3.57. The van der Waals surface area contributed by atoms with Gasteiger partial charge in [0, 0.05) is 25.6 Å². The second kappa shape index (κ2) is 6.12. The van der Waals surface area contributed by atoms with Crippen molar-refractivity contribution in [1.29, 1.82) is 0 Å². The summed E-state index contributed by atoms with van der Waals surface area (Å²) in [4.78, 5) is 0. The molecule has 1 aliphatic carbocycles. The molecule has 1 N–H and O–H groups in total. The van der Waals surface area contributed by atoms with Crippen molar-refractivity contribution in [1.82, 2.24) is 5.32 Å². The number of rotatable bonds is 6. The van der Waals surface area contributed by atoms with E-state index in [0.29, 0.717) is 6.61 Å². The van der Waals surface area contributed by atoms with E-state index in [2.05, 4.69) is 17.5 Å². The zero-order valence-corrected chi connectivity index (χ0v) is 10.8. The van der Waals surface area contributed by atoms with Crippen LogP contribution in [-0.2, 0) is 10.2 Å². The molecule has 2 nitrogen and oxygen atoms in total. The normalized spacial score (nSPS) is 17.2. The van der Waals surface area contributed by atoms with Crippen LogP contribution in [-0.4, -0.2) is 26.8 Å². The predicted octanol–water partition coefficient (Wildman–Crippen LogP) is 2.65. The molecule has 3 heteroatoms. The first kappa shape index (κ1) is 13.2. The monoisotopic (exact) mass is 249 g/mol. The van der Waals surface area contributed by atoms with Gasteiger partial charge in [-0.1, -0.05) is 24.3 Å². The summed E-state index contributed by atoms with van der Waals surface area (Å²) in [7, 11) is 1.70. The maximum absolute atomic E-state index is 13.4. The van der Waals surface area contributed by atoms with Crippen molar-refractivity contribution in [2.75, 3.05) is 26.8 Å². The molecule has 0 aromatic heterocycles. The number of ether oxygens (including phenoxy) is 1. The minimum atomic E-state index is -0.157. The van der Waals surface area contributed by atoms with Crippen LogP contribution in [0.3, 0.4) is 0 Å². The zero-order chi connectivity index (χ0) is 12.8. The molecule has 1 aliphatic rings. The molecule has 98 valence electrons. The van der Waals surface area contributed by atoms with E-state index in [1.165, 1.54) is 6.07 Å². The van der Waals surface area contributed by atoms with Crippen LogP contribution < -0.4 is 5.32 Å². The molecule has 0 aliphatic heterocycles. The fourth-order valence-corrected chi connectivity index (χ4v) is 2.50. The smallest absolute Gasteiger partial charge is 0.123 e. The van der Waals surface area contributed by atoms with Crippen molar-refractivity contribution in [3.63, 3.8) is 0 Å². The summed E-state index contributed by atoms with van der Waals surface area (Å²) < 4.78 is 18.4. The average Bonchev–Trinajstić information content (AvgIpc) is 2.85. The van der Waals surface area contributed by atoms with E-state index >= 15 is 0 Å². The second-order valence-corrected chi connectivity index (χ2v) is 4.84.